The molecular weight excluding hydrogens is 499 g/mol. The molecule has 1 aromatic heterocycles. The fourth-order valence-electron chi connectivity index (χ4n) is 4.17. The molecule has 2 aromatic rings. The number of halogens is 1. The van der Waals surface area contributed by atoms with E-state index >= 15 is 0 Å². The van der Waals surface area contributed by atoms with Gasteiger partial charge < -0.3 is 20.1 Å². The molecule has 1 aromatic carbocycles. The van der Waals surface area contributed by atoms with Crippen molar-refractivity contribution in [2.24, 2.45) is 16.8 Å². The van der Waals surface area contributed by atoms with Crippen LogP contribution in [0.1, 0.15) is 39.4 Å². The van der Waals surface area contributed by atoms with Gasteiger partial charge in [-0.2, -0.15) is 0 Å². The Balaban J connectivity index is 0.00000341. The zero-order chi connectivity index (χ0) is 21.3. The number of hydrogen-bond acceptors (Lipinski definition) is 3. The highest BCUT2D eigenvalue weighted by molar-refractivity contribution is 14.0. The van der Waals surface area contributed by atoms with E-state index in [9.17, 15) is 0 Å². The van der Waals surface area contributed by atoms with E-state index in [0.717, 1.165) is 42.0 Å². The maximum absolute atomic E-state index is 4.97. The maximum Gasteiger partial charge on any atom is 0.194 e. The first-order chi connectivity index (χ1) is 14.5. The molecule has 0 saturated carbocycles. The third-order valence-corrected chi connectivity index (χ3v) is 5.52. The minimum absolute atomic E-state index is 0. The Bertz CT molecular complexity index is 788. The van der Waals surface area contributed by atoms with E-state index < -0.39 is 0 Å². The van der Waals surface area contributed by atoms with Crippen LogP contribution < -0.4 is 5.32 Å². The molecule has 2 N–H and O–H groups in total. The molecule has 1 atom stereocenters. The Labute approximate surface area is 204 Å². The number of aliphatic imine (C=N–C) groups is 1. The second kappa shape index (κ2) is 13.1. The van der Waals surface area contributed by atoms with E-state index in [-0.39, 0.29) is 24.0 Å². The normalized spacial score (nSPS) is 17.5. The van der Waals surface area contributed by atoms with Crippen LogP contribution >= 0.6 is 24.0 Å². The highest BCUT2D eigenvalue weighted by Crippen LogP contribution is 2.19. The molecule has 1 fully saturated rings. The number of nitrogens with one attached hydrogen (secondary N) is 2. The van der Waals surface area contributed by atoms with Gasteiger partial charge in [-0.15, -0.1) is 24.0 Å². The molecule has 7 heteroatoms. The van der Waals surface area contributed by atoms with Gasteiger partial charge in [0.05, 0.1) is 18.4 Å². The van der Waals surface area contributed by atoms with E-state index in [1.54, 1.807) is 0 Å². The fraction of sp³-hybridized carbons (Fsp3) is 0.583. The average Bonchev–Trinajstić information content (AvgIpc) is 3.20. The Morgan fingerprint density at radius 2 is 2.10 bits per heavy atom. The van der Waals surface area contributed by atoms with Gasteiger partial charge in [-0.05, 0) is 43.7 Å². The zero-order valence-electron chi connectivity index (χ0n) is 19.5. The van der Waals surface area contributed by atoms with Crippen LogP contribution in [0, 0.1) is 11.8 Å². The van der Waals surface area contributed by atoms with Crippen molar-refractivity contribution in [1.29, 1.82) is 0 Å². The topological polar surface area (TPSA) is 59.6 Å². The molecule has 31 heavy (non-hydrogen) atoms. The lowest BCUT2D eigenvalue weighted by Crippen LogP contribution is -2.41. The second-order valence-electron chi connectivity index (χ2n) is 8.82. The van der Waals surface area contributed by atoms with Gasteiger partial charge in [-0.1, -0.05) is 44.2 Å². The minimum Gasteiger partial charge on any atom is -0.357 e. The first-order valence-electron chi connectivity index (χ1n) is 11.4. The number of piperidine rings is 1. The van der Waals surface area contributed by atoms with Crippen LogP contribution in [0.5, 0.6) is 0 Å². The Morgan fingerprint density at radius 1 is 1.32 bits per heavy atom. The van der Waals surface area contributed by atoms with Gasteiger partial charge in [0.25, 0.3) is 0 Å². The van der Waals surface area contributed by atoms with Crippen LogP contribution in [0.4, 0.5) is 0 Å². The minimum atomic E-state index is 0. The van der Waals surface area contributed by atoms with Crippen molar-refractivity contribution in [1.82, 2.24) is 25.1 Å². The number of aromatic amines is 1. The SMILES string of the molecule is CCNC(=NCC1CCCN(CC(C)C)C1)N(C)Cc1ncc(-c2ccccc2)[nH]1.I. The van der Waals surface area contributed by atoms with Gasteiger partial charge in [-0.3, -0.25) is 4.99 Å². The van der Waals surface area contributed by atoms with Crippen LogP contribution in [0.3, 0.4) is 0 Å². The van der Waals surface area contributed by atoms with Crippen molar-refractivity contribution in [2.75, 3.05) is 39.8 Å². The monoisotopic (exact) mass is 538 g/mol. The molecule has 1 saturated heterocycles. The van der Waals surface area contributed by atoms with Crippen LogP contribution in [-0.2, 0) is 6.54 Å². The Kier molecular flexibility index (Phi) is 10.8. The number of benzene rings is 1. The molecule has 0 amide bonds. The predicted octanol–water partition coefficient (Wildman–Crippen LogP) is 4.46. The smallest absolute Gasteiger partial charge is 0.194 e. The van der Waals surface area contributed by atoms with Crippen LogP contribution in [0.2, 0.25) is 0 Å². The molecule has 1 unspecified atom stereocenters. The summed E-state index contributed by atoms with van der Waals surface area (Å²) in [6.45, 7) is 12.8. The van der Waals surface area contributed by atoms with Crippen molar-refractivity contribution in [3.63, 3.8) is 0 Å². The predicted molar refractivity (Wildman–Crippen MR) is 141 cm³/mol. The lowest BCUT2D eigenvalue weighted by Gasteiger charge is -2.33. The standard InChI is InChI=1S/C24H38N6.HI/c1-5-25-24(27-14-20-10-9-13-30(17-20)16-19(2)3)29(4)18-23-26-15-22(28-23)21-11-7-6-8-12-21;/h6-8,11-12,15,19-20H,5,9-10,13-14,16-18H2,1-4H3,(H,25,27)(H,26,28);1H. The zero-order valence-corrected chi connectivity index (χ0v) is 21.8. The summed E-state index contributed by atoms with van der Waals surface area (Å²) < 4.78 is 0. The molecule has 6 nitrogen and oxygen atoms in total. The molecule has 3 rings (SSSR count). The summed E-state index contributed by atoms with van der Waals surface area (Å²) in [7, 11) is 2.08. The summed E-state index contributed by atoms with van der Waals surface area (Å²) in [5, 5.41) is 3.44. The van der Waals surface area contributed by atoms with Crippen molar-refractivity contribution in [3.05, 3.63) is 42.4 Å². The van der Waals surface area contributed by atoms with E-state index in [1.807, 2.05) is 24.4 Å². The van der Waals surface area contributed by atoms with E-state index in [4.69, 9.17) is 4.99 Å². The molecule has 0 radical (unpaired) electrons. The van der Waals surface area contributed by atoms with Gasteiger partial charge in [0.2, 0.25) is 0 Å². The number of hydrogen-bond donors (Lipinski definition) is 2. The number of nitrogens with zero attached hydrogens (tertiary/aromatic N) is 4. The first-order valence-corrected chi connectivity index (χ1v) is 11.4. The van der Waals surface area contributed by atoms with Crippen molar-refractivity contribution < 1.29 is 0 Å². The summed E-state index contributed by atoms with van der Waals surface area (Å²) in [5.74, 6) is 3.27. The fourth-order valence-corrected chi connectivity index (χ4v) is 4.17. The lowest BCUT2D eigenvalue weighted by molar-refractivity contribution is 0.162. The van der Waals surface area contributed by atoms with E-state index in [1.165, 1.54) is 32.5 Å². The first kappa shape index (κ1) is 25.6. The van der Waals surface area contributed by atoms with E-state index in [2.05, 4.69) is 65.0 Å². The Morgan fingerprint density at radius 3 is 2.81 bits per heavy atom. The van der Waals surface area contributed by atoms with Gasteiger partial charge in [-0.25, -0.2) is 4.98 Å². The summed E-state index contributed by atoms with van der Waals surface area (Å²) in [6, 6.07) is 10.3. The average molecular weight is 539 g/mol. The molecule has 0 spiro atoms. The second-order valence-corrected chi connectivity index (χ2v) is 8.82. The number of guanidine groups is 1. The third-order valence-electron chi connectivity index (χ3n) is 5.52. The third kappa shape index (κ3) is 8.11. The molecule has 172 valence electrons. The van der Waals surface area contributed by atoms with Gasteiger partial charge in [0.15, 0.2) is 5.96 Å². The van der Waals surface area contributed by atoms with Crippen molar-refractivity contribution in [3.8, 4) is 11.3 Å². The summed E-state index contributed by atoms with van der Waals surface area (Å²) in [6.07, 6.45) is 4.47. The molecule has 0 aliphatic carbocycles. The molecular formula is C24H39IN6. The van der Waals surface area contributed by atoms with Crippen LogP contribution in [-0.4, -0.2) is 65.5 Å². The van der Waals surface area contributed by atoms with E-state index in [0.29, 0.717) is 12.5 Å². The van der Waals surface area contributed by atoms with Crippen molar-refractivity contribution in [2.45, 2.75) is 40.2 Å². The highest BCUT2D eigenvalue weighted by Gasteiger charge is 2.20. The molecule has 0 bridgehead atoms. The van der Waals surface area contributed by atoms with Crippen LogP contribution in [0.15, 0.2) is 41.5 Å². The number of aromatic nitrogens is 2. The number of H-pyrrole nitrogens is 1. The summed E-state index contributed by atoms with van der Waals surface area (Å²) in [5.41, 5.74) is 2.20. The van der Waals surface area contributed by atoms with Gasteiger partial charge in [0, 0.05) is 33.2 Å². The quantitative estimate of drug-likeness (QED) is 0.296. The summed E-state index contributed by atoms with van der Waals surface area (Å²) in [4.78, 5) is 17.8. The number of likely N-dealkylation sites (tertiary alicyclic amines) is 1. The summed E-state index contributed by atoms with van der Waals surface area (Å²) >= 11 is 0. The number of imidazole rings is 1. The largest absolute Gasteiger partial charge is 0.357 e. The Hall–Kier alpha value is -1.61. The molecule has 1 aliphatic heterocycles. The van der Waals surface area contributed by atoms with Crippen LogP contribution in [0.25, 0.3) is 11.3 Å². The maximum atomic E-state index is 4.97. The van der Waals surface area contributed by atoms with Gasteiger partial charge in [0.1, 0.15) is 5.82 Å². The highest BCUT2D eigenvalue weighted by atomic mass is 127. The lowest BCUT2D eigenvalue weighted by atomic mass is 9.97. The molecule has 1 aliphatic rings. The number of rotatable bonds is 8. The van der Waals surface area contributed by atoms with Gasteiger partial charge >= 0.3 is 0 Å². The van der Waals surface area contributed by atoms with Crippen molar-refractivity contribution >= 4 is 29.9 Å². The molecule has 2 heterocycles.